The number of thiophene rings is 1. The number of nitro groups is 1. The molecule has 0 bridgehead atoms. The molecule has 0 saturated heterocycles. The first-order valence-corrected chi connectivity index (χ1v) is 7.61. The van der Waals surface area contributed by atoms with Gasteiger partial charge in [0.2, 0.25) is 5.91 Å². The van der Waals surface area contributed by atoms with E-state index >= 15 is 0 Å². The van der Waals surface area contributed by atoms with Crippen LogP contribution in [0, 0.1) is 10.1 Å². The minimum absolute atomic E-state index is 0.0604. The van der Waals surface area contributed by atoms with Crippen LogP contribution < -0.4 is 5.32 Å². The predicted molar refractivity (Wildman–Crippen MR) is 89.2 cm³/mol. The number of nitrogens with one attached hydrogen (secondary N) is 1. The molecule has 0 radical (unpaired) electrons. The van der Waals surface area contributed by atoms with Gasteiger partial charge in [-0.25, -0.2) is 0 Å². The van der Waals surface area contributed by atoms with Crippen molar-refractivity contribution in [2.24, 2.45) is 0 Å². The SMILES string of the molecule is CC(C)c1ccccc1NC(=O)/C=C/c1ccc([N+](=O)[O-])s1. The van der Waals surface area contributed by atoms with Gasteiger partial charge in [0.1, 0.15) is 0 Å². The average Bonchev–Trinajstić information content (AvgIpc) is 2.94. The van der Waals surface area contributed by atoms with Gasteiger partial charge in [0.15, 0.2) is 0 Å². The molecule has 1 aromatic carbocycles. The summed E-state index contributed by atoms with van der Waals surface area (Å²) in [5, 5.41) is 13.5. The largest absolute Gasteiger partial charge is 0.324 e. The highest BCUT2D eigenvalue weighted by molar-refractivity contribution is 7.16. The lowest BCUT2D eigenvalue weighted by atomic mass is 10.0. The molecule has 1 heterocycles. The minimum atomic E-state index is -0.443. The number of nitrogens with zero attached hydrogens (tertiary/aromatic N) is 1. The van der Waals surface area contributed by atoms with Crippen molar-refractivity contribution < 1.29 is 9.72 Å². The van der Waals surface area contributed by atoms with Crippen LogP contribution in [0.4, 0.5) is 10.7 Å². The van der Waals surface area contributed by atoms with Crippen molar-refractivity contribution in [3.63, 3.8) is 0 Å². The Hall–Kier alpha value is -2.47. The zero-order valence-electron chi connectivity index (χ0n) is 12.3. The molecule has 2 rings (SSSR count). The summed E-state index contributed by atoms with van der Waals surface area (Å²) in [5.41, 5.74) is 1.85. The van der Waals surface area contributed by atoms with Crippen LogP contribution in [-0.2, 0) is 4.79 Å². The summed E-state index contributed by atoms with van der Waals surface area (Å²) in [4.78, 5) is 22.8. The van der Waals surface area contributed by atoms with Crippen LogP contribution in [0.15, 0.2) is 42.5 Å². The van der Waals surface area contributed by atoms with E-state index in [9.17, 15) is 14.9 Å². The highest BCUT2D eigenvalue weighted by Crippen LogP contribution is 2.25. The molecule has 114 valence electrons. The van der Waals surface area contributed by atoms with Crippen LogP contribution in [0.25, 0.3) is 6.08 Å². The fourth-order valence-corrected chi connectivity index (χ4v) is 2.70. The van der Waals surface area contributed by atoms with Gasteiger partial charge in [-0.3, -0.25) is 14.9 Å². The van der Waals surface area contributed by atoms with E-state index in [1.807, 2.05) is 24.3 Å². The number of hydrogen-bond acceptors (Lipinski definition) is 4. The second-order valence-corrected chi connectivity index (χ2v) is 6.09. The summed E-state index contributed by atoms with van der Waals surface area (Å²) in [7, 11) is 0. The zero-order valence-corrected chi connectivity index (χ0v) is 13.1. The molecule has 2 aromatic rings. The molecule has 0 aliphatic heterocycles. The van der Waals surface area contributed by atoms with Crippen molar-refractivity contribution >= 4 is 34.0 Å². The number of hydrogen-bond donors (Lipinski definition) is 1. The third kappa shape index (κ3) is 4.02. The molecule has 0 fully saturated rings. The maximum Gasteiger partial charge on any atom is 0.324 e. The van der Waals surface area contributed by atoms with E-state index < -0.39 is 4.92 Å². The molecule has 0 saturated carbocycles. The normalized spacial score (nSPS) is 11.0. The maximum absolute atomic E-state index is 12.0. The van der Waals surface area contributed by atoms with E-state index in [0.29, 0.717) is 10.8 Å². The molecule has 1 amide bonds. The fourth-order valence-electron chi connectivity index (χ4n) is 1.98. The molecule has 0 aliphatic rings. The summed E-state index contributed by atoms with van der Waals surface area (Å²) in [6.07, 6.45) is 2.96. The Kier molecular flexibility index (Phi) is 5.06. The van der Waals surface area contributed by atoms with Gasteiger partial charge < -0.3 is 5.32 Å². The van der Waals surface area contributed by atoms with Crippen LogP contribution in [0.2, 0.25) is 0 Å². The maximum atomic E-state index is 12.0. The number of benzene rings is 1. The molecule has 0 spiro atoms. The smallest absolute Gasteiger partial charge is 0.322 e. The highest BCUT2D eigenvalue weighted by Gasteiger charge is 2.09. The summed E-state index contributed by atoms with van der Waals surface area (Å²) >= 11 is 1.03. The molecular formula is C16H16N2O3S. The number of anilines is 1. The van der Waals surface area contributed by atoms with Gasteiger partial charge in [-0.15, -0.1) is 0 Å². The molecular weight excluding hydrogens is 300 g/mol. The van der Waals surface area contributed by atoms with Gasteiger partial charge in [-0.1, -0.05) is 43.4 Å². The van der Waals surface area contributed by atoms with Crippen molar-refractivity contribution in [2.45, 2.75) is 19.8 Å². The van der Waals surface area contributed by atoms with Crippen LogP contribution in [-0.4, -0.2) is 10.8 Å². The second-order valence-electron chi connectivity index (χ2n) is 5.00. The standard InChI is InChI=1S/C16H16N2O3S/c1-11(2)13-5-3-4-6-14(13)17-15(19)9-7-12-8-10-16(22-12)18(20)21/h3-11H,1-2H3,(H,17,19)/b9-7+. The van der Waals surface area contributed by atoms with Crippen molar-refractivity contribution in [2.75, 3.05) is 5.32 Å². The Morgan fingerprint density at radius 1 is 1.27 bits per heavy atom. The van der Waals surface area contributed by atoms with Crippen LogP contribution in [0.3, 0.4) is 0 Å². The van der Waals surface area contributed by atoms with Gasteiger partial charge in [0.05, 0.1) is 4.92 Å². The van der Waals surface area contributed by atoms with Crippen molar-refractivity contribution in [3.05, 3.63) is 63.0 Å². The third-order valence-electron chi connectivity index (χ3n) is 3.03. The molecule has 5 nitrogen and oxygen atoms in total. The zero-order chi connectivity index (χ0) is 16.1. The van der Waals surface area contributed by atoms with Gasteiger partial charge in [-0.2, -0.15) is 0 Å². The number of carbonyl (C=O) groups excluding carboxylic acids is 1. The minimum Gasteiger partial charge on any atom is -0.322 e. The summed E-state index contributed by atoms with van der Waals surface area (Å²) in [6, 6.07) is 10.7. The lowest BCUT2D eigenvalue weighted by molar-refractivity contribution is -0.380. The number of rotatable bonds is 5. The quantitative estimate of drug-likeness (QED) is 0.504. The lowest BCUT2D eigenvalue weighted by Crippen LogP contribution is -2.10. The molecule has 22 heavy (non-hydrogen) atoms. The Labute approximate surface area is 132 Å². The summed E-state index contributed by atoms with van der Waals surface area (Å²) in [6.45, 7) is 4.12. The lowest BCUT2D eigenvalue weighted by Gasteiger charge is -2.12. The number of amides is 1. The fraction of sp³-hybridized carbons (Fsp3) is 0.188. The average molecular weight is 316 g/mol. The highest BCUT2D eigenvalue weighted by atomic mass is 32.1. The van der Waals surface area contributed by atoms with Gasteiger partial charge in [-0.05, 0) is 29.7 Å². The first kappa shape index (κ1) is 15.9. The Balaban J connectivity index is 2.06. The first-order chi connectivity index (χ1) is 10.5. The topological polar surface area (TPSA) is 72.2 Å². The van der Waals surface area contributed by atoms with E-state index in [-0.39, 0.29) is 10.9 Å². The molecule has 0 aliphatic carbocycles. The molecule has 1 aromatic heterocycles. The van der Waals surface area contributed by atoms with Gasteiger partial charge in [0.25, 0.3) is 0 Å². The van der Waals surface area contributed by atoms with E-state index in [1.165, 1.54) is 12.1 Å². The Morgan fingerprint density at radius 2 is 2.00 bits per heavy atom. The van der Waals surface area contributed by atoms with E-state index in [2.05, 4.69) is 19.2 Å². The van der Waals surface area contributed by atoms with Crippen molar-refractivity contribution in [3.8, 4) is 0 Å². The monoisotopic (exact) mass is 316 g/mol. The second kappa shape index (κ2) is 7.00. The number of carbonyl (C=O) groups is 1. The van der Waals surface area contributed by atoms with Crippen molar-refractivity contribution in [1.82, 2.24) is 0 Å². The molecule has 0 unspecified atom stereocenters. The predicted octanol–water partition coefficient (Wildman–Crippen LogP) is 4.43. The van der Waals surface area contributed by atoms with E-state index in [4.69, 9.17) is 0 Å². The van der Waals surface area contributed by atoms with E-state index in [1.54, 1.807) is 12.1 Å². The summed E-state index contributed by atoms with van der Waals surface area (Å²) < 4.78 is 0. The van der Waals surface area contributed by atoms with E-state index in [0.717, 1.165) is 22.6 Å². The number of para-hydroxylation sites is 1. The Morgan fingerprint density at radius 3 is 2.64 bits per heavy atom. The van der Waals surface area contributed by atoms with Crippen LogP contribution in [0.5, 0.6) is 0 Å². The first-order valence-electron chi connectivity index (χ1n) is 6.79. The molecule has 0 atom stereocenters. The van der Waals surface area contributed by atoms with Crippen LogP contribution >= 0.6 is 11.3 Å². The third-order valence-corrected chi connectivity index (χ3v) is 4.03. The molecule has 6 heteroatoms. The Bertz CT molecular complexity index is 720. The van der Waals surface area contributed by atoms with Crippen molar-refractivity contribution in [1.29, 1.82) is 0 Å². The van der Waals surface area contributed by atoms with Crippen LogP contribution in [0.1, 0.15) is 30.2 Å². The van der Waals surface area contributed by atoms with Gasteiger partial charge >= 0.3 is 5.00 Å². The van der Waals surface area contributed by atoms with Gasteiger partial charge in [0, 0.05) is 22.7 Å². The molecule has 1 N–H and O–H groups in total. The summed E-state index contributed by atoms with van der Waals surface area (Å²) in [5.74, 6) is 0.0459.